The number of rotatable bonds is 2. The number of hydrogen-bond acceptors (Lipinski definition) is 3. The highest BCUT2D eigenvalue weighted by atomic mass is 35.5. The fourth-order valence-corrected chi connectivity index (χ4v) is 2.87. The summed E-state index contributed by atoms with van der Waals surface area (Å²) < 4.78 is 15.1. The van der Waals surface area contributed by atoms with Gasteiger partial charge in [0.25, 0.3) is 17.4 Å². The second-order valence-corrected chi connectivity index (χ2v) is 6.21. The first-order valence-electron chi connectivity index (χ1n) is 7.66. The maximum absolute atomic E-state index is 13.9. The molecular formula is C16H16ClFN4O3. The van der Waals surface area contributed by atoms with E-state index in [-0.39, 0.29) is 40.8 Å². The molecule has 2 aromatic rings. The maximum Gasteiger partial charge on any atom is 0.272 e. The van der Waals surface area contributed by atoms with Crippen molar-refractivity contribution >= 4 is 23.4 Å². The lowest BCUT2D eigenvalue weighted by atomic mass is 10.1. The van der Waals surface area contributed by atoms with Gasteiger partial charge in [-0.15, -0.1) is 0 Å². The number of aromatic amines is 1. The summed E-state index contributed by atoms with van der Waals surface area (Å²) in [6.07, 6.45) is 0. The second-order valence-electron chi connectivity index (χ2n) is 5.78. The van der Waals surface area contributed by atoms with Crippen LogP contribution in [0.15, 0.2) is 29.1 Å². The number of nitrogens with one attached hydrogen (secondary N) is 1. The first-order valence-corrected chi connectivity index (χ1v) is 8.04. The van der Waals surface area contributed by atoms with Crippen LogP contribution >= 0.6 is 11.6 Å². The summed E-state index contributed by atoms with van der Waals surface area (Å²) in [4.78, 5) is 39.3. The number of halogens is 2. The molecule has 1 saturated heterocycles. The Kier molecular flexibility index (Phi) is 4.63. The van der Waals surface area contributed by atoms with Crippen LogP contribution in [0, 0.1) is 5.82 Å². The first kappa shape index (κ1) is 17.2. The van der Waals surface area contributed by atoms with E-state index in [0.29, 0.717) is 13.1 Å². The van der Waals surface area contributed by atoms with Gasteiger partial charge >= 0.3 is 0 Å². The summed E-state index contributed by atoms with van der Waals surface area (Å²) in [6.45, 7) is 1.17. The third kappa shape index (κ3) is 3.43. The molecule has 0 aliphatic carbocycles. The highest BCUT2D eigenvalue weighted by Gasteiger charge is 2.27. The minimum Gasteiger partial charge on any atom is -0.335 e. The molecule has 0 spiro atoms. The highest BCUT2D eigenvalue weighted by molar-refractivity contribution is 6.30. The molecule has 1 aliphatic rings. The van der Waals surface area contributed by atoms with E-state index in [4.69, 9.17) is 11.6 Å². The van der Waals surface area contributed by atoms with Gasteiger partial charge in [-0.3, -0.25) is 24.2 Å². The smallest absolute Gasteiger partial charge is 0.272 e. The van der Waals surface area contributed by atoms with Crippen LogP contribution < -0.4 is 5.56 Å². The van der Waals surface area contributed by atoms with E-state index < -0.39 is 11.7 Å². The zero-order valence-electron chi connectivity index (χ0n) is 13.5. The molecule has 0 unspecified atom stereocenters. The fraction of sp³-hybridized carbons (Fsp3) is 0.312. The van der Waals surface area contributed by atoms with Gasteiger partial charge in [-0.1, -0.05) is 11.6 Å². The number of nitrogens with zero attached hydrogens (tertiary/aromatic N) is 3. The molecule has 1 fully saturated rings. The number of aryl methyl sites for hydroxylation is 1. The van der Waals surface area contributed by atoms with Crippen molar-refractivity contribution in [2.75, 3.05) is 26.2 Å². The van der Waals surface area contributed by atoms with E-state index in [2.05, 4.69) is 5.10 Å². The SMILES string of the molecule is Cn1[nH]c(C(=O)N2CCN(C(=O)c3ccc(Cl)cc3F)CC2)cc1=O. The normalized spacial score (nSPS) is 14.7. The summed E-state index contributed by atoms with van der Waals surface area (Å²) >= 11 is 5.70. The number of carbonyl (C=O) groups is 2. The van der Waals surface area contributed by atoms with Gasteiger partial charge in [0.1, 0.15) is 11.5 Å². The number of hydrogen-bond donors (Lipinski definition) is 1. The van der Waals surface area contributed by atoms with Gasteiger partial charge in [-0.25, -0.2) is 4.39 Å². The van der Waals surface area contributed by atoms with Crippen molar-refractivity contribution < 1.29 is 14.0 Å². The Hall–Kier alpha value is -2.61. The first-order chi connectivity index (χ1) is 11.9. The van der Waals surface area contributed by atoms with Crippen LogP contribution in [-0.2, 0) is 7.05 Å². The van der Waals surface area contributed by atoms with E-state index >= 15 is 0 Å². The molecule has 1 aliphatic heterocycles. The van der Waals surface area contributed by atoms with E-state index in [1.165, 1.54) is 34.8 Å². The molecule has 9 heteroatoms. The predicted molar refractivity (Wildman–Crippen MR) is 89.3 cm³/mol. The molecule has 2 amide bonds. The number of amides is 2. The van der Waals surface area contributed by atoms with Crippen LogP contribution in [0.4, 0.5) is 4.39 Å². The minimum atomic E-state index is -0.669. The summed E-state index contributed by atoms with van der Waals surface area (Å²) in [6, 6.07) is 5.15. The minimum absolute atomic E-state index is 0.0448. The van der Waals surface area contributed by atoms with Gasteiger partial charge in [0, 0.05) is 44.3 Å². The molecule has 132 valence electrons. The van der Waals surface area contributed by atoms with Crippen molar-refractivity contribution in [3.05, 3.63) is 56.7 Å². The lowest BCUT2D eigenvalue weighted by Gasteiger charge is -2.34. The molecule has 1 aromatic carbocycles. The van der Waals surface area contributed by atoms with E-state index in [9.17, 15) is 18.8 Å². The summed E-state index contributed by atoms with van der Waals surface area (Å²) in [5.41, 5.74) is -0.136. The average molecular weight is 367 g/mol. The monoisotopic (exact) mass is 366 g/mol. The third-order valence-electron chi connectivity index (χ3n) is 4.13. The predicted octanol–water partition coefficient (Wildman–Crippen LogP) is 1.10. The van der Waals surface area contributed by atoms with Crippen LogP contribution in [0.25, 0.3) is 0 Å². The molecule has 1 aromatic heterocycles. The Morgan fingerprint density at radius 3 is 2.20 bits per heavy atom. The molecule has 0 atom stereocenters. The molecular weight excluding hydrogens is 351 g/mol. The Bertz CT molecular complexity index is 884. The van der Waals surface area contributed by atoms with Gasteiger partial charge < -0.3 is 9.80 Å². The van der Waals surface area contributed by atoms with E-state index in [1.54, 1.807) is 4.90 Å². The van der Waals surface area contributed by atoms with E-state index in [0.717, 1.165) is 6.07 Å². The lowest BCUT2D eigenvalue weighted by molar-refractivity contribution is 0.0529. The van der Waals surface area contributed by atoms with Crippen molar-refractivity contribution in [3.8, 4) is 0 Å². The molecule has 25 heavy (non-hydrogen) atoms. The lowest BCUT2D eigenvalue weighted by Crippen LogP contribution is -2.50. The molecule has 3 rings (SSSR count). The molecule has 0 radical (unpaired) electrons. The quantitative estimate of drug-likeness (QED) is 0.864. The number of aromatic nitrogens is 2. The maximum atomic E-state index is 13.9. The Balaban J connectivity index is 1.66. The Labute approximate surface area is 147 Å². The van der Waals surface area contributed by atoms with Crippen molar-refractivity contribution in [1.82, 2.24) is 19.6 Å². The molecule has 0 bridgehead atoms. The van der Waals surface area contributed by atoms with Crippen LogP contribution in [0.5, 0.6) is 0 Å². The van der Waals surface area contributed by atoms with Gasteiger partial charge in [0.05, 0.1) is 5.56 Å². The summed E-state index contributed by atoms with van der Waals surface area (Å²) in [5, 5.41) is 2.91. The zero-order valence-corrected chi connectivity index (χ0v) is 14.2. The zero-order chi connectivity index (χ0) is 18.1. The van der Waals surface area contributed by atoms with Crippen LogP contribution in [0.2, 0.25) is 5.02 Å². The molecule has 7 nitrogen and oxygen atoms in total. The number of benzene rings is 1. The summed E-state index contributed by atoms with van der Waals surface area (Å²) in [7, 11) is 1.52. The Morgan fingerprint density at radius 1 is 1.08 bits per heavy atom. The van der Waals surface area contributed by atoms with Crippen molar-refractivity contribution in [1.29, 1.82) is 0 Å². The Morgan fingerprint density at radius 2 is 1.68 bits per heavy atom. The van der Waals surface area contributed by atoms with E-state index in [1.807, 2.05) is 0 Å². The average Bonchev–Trinajstić information content (AvgIpc) is 2.93. The fourth-order valence-electron chi connectivity index (χ4n) is 2.71. The van der Waals surface area contributed by atoms with Gasteiger partial charge in [0.15, 0.2) is 0 Å². The molecule has 0 saturated carbocycles. The van der Waals surface area contributed by atoms with Crippen LogP contribution in [-0.4, -0.2) is 57.6 Å². The number of piperazine rings is 1. The van der Waals surface area contributed by atoms with Crippen molar-refractivity contribution in [2.45, 2.75) is 0 Å². The molecule has 2 heterocycles. The number of H-pyrrole nitrogens is 1. The topological polar surface area (TPSA) is 78.4 Å². The number of carbonyl (C=O) groups excluding carboxylic acids is 2. The largest absolute Gasteiger partial charge is 0.335 e. The highest BCUT2D eigenvalue weighted by Crippen LogP contribution is 2.17. The standard InChI is InChI=1S/C16H16ClFN4O3/c1-20-14(23)9-13(19-20)16(25)22-6-4-21(5-7-22)15(24)11-3-2-10(17)8-12(11)18/h2-3,8-9,19H,4-7H2,1H3. The van der Waals surface area contributed by atoms with Gasteiger partial charge in [-0.2, -0.15) is 0 Å². The van der Waals surface area contributed by atoms with Crippen molar-refractivity contribution in [3.63, 3.8) is 0 Å². The third-order valence-corrected chi connectivity index (χ3v) is 4.37. The van der Waals surface area contributed by atoms with Gasteiger partial charge in [-0.05, 0) is 18.2 Å². The summed E-state index contributed by atoms with van der Waals surface area (Å²) in [5.74, 6) is -1.41. The van der Waals surface area contributed by atoms with Gasteiger partial charge in [0.2, 0.25) is 0 Å². The van der Waals surface area contributed by atoms with Crippen molar-refractivity contribution in [2.24, 2.45) is 7.05 Å². The second kappa shape index (κ2) is 6.72. The van der Waals surface area contributed by atoms with Crippen LogP contribution in [0.1, 0.15) is 20.8 Å². The molecule has 1 N–H and O–H groups in total. The van der Waals surface area contributed by atoms with Crippen LogP contribution in [0.3, 0.4) is 0 Å².